The van der Waals surface area contributed by atoms with E-state index in [4.69, 9.17) is 4.74 Å². The smallest absolute Gasteiger partial charge is 0.0644 e. The first-order chi connectivity index (χ1) is 7.59. The Morgan fingerprint density at radius 1 is 1.50 bits per heavy atom. The maximum atomic E-state index is 9.30. The van der Waals surface area contributed by atoms with Crippen LogP contribution in [0, 0.1) is 5.41 Å². The Morgan fingerprint density at radius 2 is 2.25 bits per heavy atom. The number of morpholine rings is 1. The Kier molecular flexibility index (Phi) is 5.69. The maximum Gasteiger partial charge on any atom is 0.0644 e. The molecule has 0 amide bonds. The lowest BCUT2D eigenvalue weighted by atomic mass is 9.92. The minimum Gasteiger partial charge on any atom is -0.395 e. The van der Waals surface area contributed by atoms with Crippen molar-refractivity contribution < 1.29 is 9.84 Å². The zero-order chi connectivity index (χ0) is 12.0. The summed E-state index contributed by atoms with van der Waals surface area (Å²) in [5.74, 6) is 0. The fourth-order valence-electron chi connectivity index (χ4n) is 2.13. The second-order valence-electron chi connectivity index (χ2n) is 5.33. The van der Waals surface area contributed by atoms with Gasteiger partial charge in [0.2, 0.25) is 0 Å². The number of ether oxygens (including phenoxy) is 1. The van der Waals surface area contributed by atoms with Crippen molar-refractivity contribution >= 4 is 0 Å². The van der Waals surface area contributed by atoms with Crippen molar-refractivity contribution in [3.05, 3.63) is 0 Å². The zero-order valence-corrected chi connectivity index (χ0v) is 10.8. The minimum absolute atomic E-state index is 0.176. The number of aliphatic hydroxyl groups excluding tert-OH is 1. The van der Waals surface area contributed by atoms with Gasteiger partial charge in [-0.05, 0) is 12.0 Å². The molecular weight excluding hydrogens is 204 g/mol. The molecule has 0 aliphatic carbocycles. The first-order valence-corrected chi connectivity index (χ1v) is 6.22. The quantitative estimate of drug-likeness (QED) is 0.689. The van der Waals surface area contributed by atoms with E-state index >= 15 is 0 Å². The fourth-order valence-corrected chi connectivity index (χ4v) is 2.13. The molecule has 0 aromatic rings. The molecule has 1 aliphatic heterocycles. The summed E-state index contributed by atoms with van der Waals surface area (Å²) < 4.78 is 5.38. The van der Waals surface area contributed by atoms with Crippen molar-refractivity contribution in [2.75, 3.05) is 46.0 Å². The van der Waals surface area contributed by atoms with Gasteiger partial charge in [0.15, 0.2) is 0 Å². The summed E-state index contributed by atoms with van der Waals surface area (Å²) >= 11 is 0. The number of hydrogen-bond acceptors (Lipinski definition) is 4. The Morgan fingerprint density at radius 3 is 2.88 bits per heavy atom. The molecule has 1 heterocycles. The number of nitrogens with zero attached hydrogens (tertiary/aromatic N) is 1. The molecule has 1 rings (SSSR count). The van der Waals surface area contributed by atoms with Crippen LogP contribution in [0.2, 0.25) is 0 Å². The molecule has 0 saturated carbocycles. The Hall–Kier alpha value is -0.160. The van der Waals surface area contributed by atoms with Gasteiger partial charge in [0.25, 0.3) is 0 Å². The molecule has 0 aromatic carbocycles. The molecule has 1 atom stereocenters. The SMILES string of the molecule is CCNCC(C)(C)CN1CCOCC1CO. The van der Waals surface area contributed by atoms with Crippen LogP contribution in [0.5, 0.6) is 0 Å². The molecule has 16 heavy (non-hydrogen) atoms. The highest BCUT2D eigenvalue weighted by Gasteiger charge is 2.28. The van der Waals surface area contributed by atoms with Crippen molar-refractivity contribution in [1.82, 2.24) is 10.2 Å². The molecule has 0 aromatic heterocycles. The first kappa shape index (κ1) is 13.9. The number of nitrogens with one attached hydrogen (secondary N) is 1. The third-order valence-electron chi connectivity index (χ3n) is 3.04. The van der Waals surface area contributed by atoms with Gasteiger partial charge in [-0.25, -0.2) is 0 Å². The monoisotopic (exact) mass is 230 g/mol. The summed E-state index contributed by atoms with van der Waals surface area (Å²) in [6, 6.07) is 0.176. The van der Waals surface area contributed by atoms with Gasteiger partial charge in [-0.3, -0.25) is 4.90 Å². The second kappa shape index (κ2) is 6.55. The van der Waals surface area contributed by atoms with E-state index in [1.807, 2.05) is 0 Å². The van der Waals surface area contributed by atoms with Gasteiger partial charge in [-0.15, -0.1) is 0 Å². The fraction of sp³-hybridized carbons (Fsp3) is 1.00. The van der Waals surface area contributed by atoms with E-state index < -0.39 is 0 Å². The van der Waals surface area contributed by atoms with Gasteiger partial charge in [0, 0.05) is 19.6 Å². The average molecular weight is 230 g/mol. The second-order valence-corrected chi connectivity index (χ2v) is 5.33. The minimum atomic E-state index is 0.176. The third-order valence-corrected chi connectivity index (χ3v) is 3.04. The lowest BCUT2D eigenvalue weighted by molar-refractivity contribution is -0.0406. The summed E-state index contributed by atoms with van der Waals surface area (Å²) in [5.41, 5.74) is 0.237. The number of hydrogen-bond donors (Lipinski definition) is 2. The molecule has 0 radical (unpaired) electrons. The Bertz CT molecular complexity index is 197. The highest BCUT2D eigenvalue weighted by Crippen LogP contribution is 2.19. The summed E-state index contributed by atoms with van der Waals surface area (Å²) in [6.45, 7) is 12.3. The topological polar surface area (TPSA) is 44.7 Å². The van der Waals surface area contributed by atoms with Crippen molar-refractivity contribution in [2.45, 2.75) is 26.8 Å². The lowest BCUT2D eigenvalue weighted by Gasteiger charge is -2.39. The highest BCUT2D eigenvalue weighted by molar-refractivity contribution is 4.82. The summed E-state index contributed by atoms with van der Waals surface area (Å²) in [7, 11) is 0. The number of rotatable bonds is 6. The Balaban J connectivity index is 2.43. The van der Waals surface area contributed by atoms with Crippen molar-refractivity contribution in [3.8, 4) is 0 Å². The molecule has 1 fully saturated rings. The van der Waals surface area contributed by atoms with Crippen molar-refractivity contribution in [3.63, 3.8) is 0 Å². The molecule has 4 heteroatoms. The molecule has 96 valence electrons. The van der Waals surface area contributed by atoms with Crippen LogP contribution < -0.4 is 5.32 Å². The maximum absolute atomic E-state index is 9.30. The van der Waals surface area contributed by atoms with E-state index in [9.17, 15) is 5.11 Å². The van der Waals surface area contributed by atoms with Crippen LogP contribution in [-0.2, 0) is 4.74 Å². The van der Waals surface area contributed by atoms with Gasteiger partial charge >= 0.3 is 0 Å². The van der Waals surface area contributed by atoms with E-state index in [2.05, 4.69) is 31.0 Å². The van der Waals surface area contributed by atoms with Crippen LogP contribution in [0.25, 0.3) is 0 Å². The van der Waals surface area contributed by atoms with Crippen molar-refractivity contribution in [1.29, 1.82) is 0 Å². The molecule has 0 spiro atoms. The van der Waals surface area contributed by atoms with Crippen molar-refractivity contribution in [2.24, 2.45) is 5.41 Å². The van der Waals surface area contributed by atoms with Crippen LogP contribution in [0.1, 0.15) is 20.8 Å². The first-order valence-electron chi connectivity index (χ1n) is 6.22. The zero-order valence-electron chi connectivity index (χ0n) is 10.8. The van der Waals surface area contributed by atoms with Crippen LogP contribution in [0.3, 0.4) is 0 Å². The van der Waals surface area contributed by atoms with E-state index in [0.29, 0.717) is 6.61 Å². The summed E-state index contributed by atoms with van der Waals surface area (Å²) in [5, 5.41) is 12.7. The van der Waals surface area contributed by atoms with Gasteiger partial charge < -0.3 is 15.2 Å². The van der Waals surface area contributed by atoms with Crippen LogP contribution in [0.4, 0.5) is 0 Å². The third kappa shape index (κ3) is 4.37. The Labute approximate surface area is 99.0 Å². The van der Waals surface area contributed by atoms with Gasteiger partial charge in [0.05, 0.1) is 25.9 Å². The normalized spacial score (nSPS) is 23.6. The van der Waals surface area contributed by atoms with Gasteiger partial charge in [-0.1, -0.05) is 20.8 Å². The van der Waals surface area contributed by atoms with E-state index in [1.165, 1.54) is 0 Å². The predicted molar refractivity (Wildman–Crippen MR) is 65.6 cm³/mol. The van der Waals surface area contributed by atoms with E-state index in [1.54, 1.807) is 0 Å². The summed E-state index contributed by atoms with van der Waals surface area (Å²) in [4.78, 5) is 2.35. The molecule has 4 nitrogen and oxygen atoms in total. The lowest BCUT2D eigenvalue weighted by Crippen LogP contribution is -2.52. The molecular formula is C12H26N2O2. The van der Waals surface area contributed by atoms with Gasteiger partial charge in [-0.2, -0.15) is 0 Å². The standard InChI is InChI=1S/C12H26N2O2/c1-4-13-9-12(2,3)10-14-5-6-16-8-11(14)7-15/h11,13,15H,4-10H2,1-3H3. The van der Waals surface area contributed by atoms with Crippen LogP contribution in [0.15, 0.2) is 0 Å². The molecule has 1 saturated heterocycles. The van der Waals surface area contributed by atoms with E-state index in [-0.39, 0.29) is 18.1 Å². The number of aliphatic hydroxyl groups is 1. The van der Waals surface area contributed by atoms with Crippen LogP contribution in [-0.4, -0.2) is 62.0 Å². The molecule has 1 unspecified atom stereocenters. The summed E-state index contributed by atoms with van der Waals surface area (Å²) in [6.07, 6.45) is 0. The predicted octanol–water partition coefficient (Wildman–Crippen LogP) is 0.315. The molecule has 1 aliphatic rings. The largest absolute Gasteiger partial charge is 0.395 e. The van der Waals surface area contributed by atoms with Gasteiger partial charge in [0.1, 0.15) is 0 Å². The average Bonchev–Trinajstić information content (AvgIpc) is 2.27. The molecule has 0 bridgehead atoms. The van der Waals surface area contributed by atoms with E-state index in [0.717, 1.165) is 32.8 Å². The van der Waals surface area contributed by atoms with Crippen LogP contribution >= 0.6 is 0 Å². The molecule has 2 N–H and O–H groups in total. The highest BCUT2D eigenvalue weighted by atomic mass is 16.5.